The predicted molar refractivity (Wildman–Crippen MR) is 68.7 cm³/mol. The van der Waals surface area contributed by atoms with Crippen molar-refractivity contribution in [2.24, 2.45) is 0 Å². The van der Waals surface area contributed by atoms with E-state index in [2.05, 4.69) is 32.0 Å². The first kappa shape index (κ1) is 10.5. The molecule has 1 heterocycles. The Morgan fingerprint density at radius 2 is 1.93 bits per heavy atom. The minimum Gasteiger partial charge on any atom is -0.396 e. The maximum Gasteiger partial charge on any atom is 0.116 e. The second-order valence-corrected chi connectivity index (χ2v) is 5.12. The molecule has 3 heteroatoms. The van der Waals surface area contributed by atoms with E-state index in [0.717, 1.165) is 11.1 Å². The average Bonchev–Trinajstić information content (AvgIpc) is 2.53. The summed E-state index contributed by atoms with van der Waals surface area (Å²) in [6.07, 6.45) is 0. The van der Waals surface area contributed by atoms with Gasteiger partial charge in [-0.2, -0.15) is 0 Å². The van der Waals surface area contributed by atoms with Crippen molar-refractivity contribution in [3.63, 3.8) is 0 Å². The van der Waals surface area contributed by atoms with E-state index in [1.807, 2.05) is 5.38 Å². The maximum absolute atomic E-state index is 5.94. The molecule has 0 aliphatic carbocycles. The Hall–Kier alpha value is -0.990. The fourth-order valence-electron chi connectivity index (χ4n) is 1.48. The molecule has 78 valence electrons. The van der Waals surface area contributed by atoms with E-state index in [1.165, 1.54) is 22.5 Å². The molecule has 0 atom stereocenters. The van der Waals surface area contributed by atoms with E-state index >= 15 is 0 Å². The molecule has 2 aromatic rings. The zero-order valence-electron chi connectivity index (χ0n) is 8.67. The zero-order valence-corrected chi connectivity index (χ0v) is 10.2. The van der Waals surface area contributed by atoms with E-state index < -0.39 is 0 Å². The Kier molecular flexibility index (Phi) is 2.72. The van der Waals surface area contributed by atoms with Crippen LogP contribution >= 0.6 is 22.9 Å². The first-order chi connectivity index (χ1) is 7.09. The Morgan fingerprint density at radius 1 is 1.20 bits per heavy atom. The summed E-state index contributed by atoms with van der Waals surface area (Å²) >= 11 is 7.42. The predicted octanol–water partition coefficient (Wildman–Crippen LogP) is 4.27. The molecule has 1 aromatic carbocycles. The highest BCUT2D eigenvalue weighted by atomic mass is 35.5. The van der Waals surface area contributed by atoms with Crippen LogP contribution in [0.25, 0.3) is 11.1 Å². The van der Waals surface area contributed by atoms with Crippen LogP contribution in [0.1, 0.15) is 11.1 Å². The van der Waals surface area contributed by atoms with Crippen LogP contribution in [-0.2, 0) is 0 Å². The van der Waals surface area contributed by atoms with Crippen molar-refractivity contribution >= 4 is 28.6 Å². The molecule has 0 radical (unpaired) electrons. The lowest BCUT2D eigenvalue weighted by Gasteiger charge is -2.04. The first-order valence-corrected chi connectivity index (χ1v) is 5.95. The number of anilines is 1. The van der Waals surface area contributed by atoms with Gasteiger partial charge < -0.3 is 5.73 Å². The fourth-order valence-corrected chi connectivity index (χ4v) is 2.43. The monoisotopic (exact) mass is 237 g/mol. The van der Waals surface area contributed by atoms with Crippen LogP contribution in [-0.4, -0.2) is 0 Å². The third-order valence-electron chi connectivity index (χ3n) is 2.60. The number of thiophene rings is 1. The average molecular weight is 238 g/mol. The molecule has 0 aliphatic heterocycles. The van der Waals surface area contributed by atoms with Crippen molar-refractivity contribution in [2.75, 3.05) is 5.73 Å². The molecular weight excluding hydrogens is 226 g/mol. The van der Waals surface area contributed by atoms with Gasteiger partial charge in [-0.05, 0) is 30.5 Å². The Morgan fingerprint density at radius 3 is 2.47 bits per heavy atom. The molecular formula is C12H12ClNS. The molecule has 1 nitrogen and oxygen atoms in total. The Labute approximate surface area is 98.5 Å². The smallest absolute Gasteiger partial charge is 0.116 e. The Bertz CT molecular complexity index is 502. The van der Waals surface area contributed by atoms with Gasteiger partial charge >= 0.3 is 0 Å². The van der Waals surface area contributed by atoms with Gasteiger partial charge in [-0.3, -0.25) is 0 Å². The van der Waals surface area contributed by atoms with Crippen LogP contribution in [0.4, 0.5) is 5.69 Å². The third kappa shape index (κ3) is 1.87. The lowest BCUT2D eigenvalue weighted by atomic mass is 10.0. The van der Waals surface area contributed by atoms with Gasteiger partial charge in [0.2, 0.25) is 0 Å². The fraction of sp³-hybridized carbons (Fsp3) is 0.167. The van der Waals surface area contributed by atoms with Gasteiger partial charge in [-0.15, -0.1) is 11.3 Å². The molecule has 0 unspecified atom stereocenters. The van der Waals surface area contributed by atoms with Crippen molar-refractivity contribution in [2.45, 2.75) is 13.8 Å². The van der Waals surface area contributed by atoms with Crippen molar-refractivity contribution < 1.29 is 0 Å². The highest BCUT2D eigenvalue weighted by Crippen LogP contribution is 2.37. The second kappa shape index (κ2) is 3.87. The molecule has 0 aliphatic rings. The van der Waals surface area contributed by atoms with Crippen molar-refractivity contribution in [1.29, 1.82) is 0 Å². The first-order valence-electron chi connectivity index (χ1n) is 4.69. The molecule has 2 rings (SSSR count). The van der Waals surface area contributed by atoms with Crippen LogP contribution < -0.4 is 5.73 Å². The van der Waals surface area contributed by atoms with Gasteiger partial charge in [-0.25, -0.2) is 0 Å². The summed E-state index contributed by atoms with van der Waals surface area (Å²) in [6, 6.07) is 6.33. The summed E-state index contributed by atoms with van der Waals surface area (Å²) in [6.45, 7) is 4.20. The van der Waals surface area contributed by atoms with Crippen LogP contribution in [0, 0.1) is 13.8 Å². The molecule has 0 bridgehead atoms. The van der Waals surface area contributed by atoms with E-state index in [-0.39, 0.29) is 0 Å². The normalized spacial score (nSPS) is 10.6. The quantitative estimate of drug-likeness (QED) is 0.788. The Balaban J connectivity index is 2.55. The van der Waals surface area contributed by atoms with Gasteiger partial charge in [0.15, 0.2) is 0 Å². The number of nitrogens with two attached hydrogens (primary N) is 1. The van der Waals surface area contributed by atoms with Crippen LogP contribution in [0.15, 0.2) is 23.6 Å². The van der Waals surface area contributed by atoms with Crippen molar-refractivity contribution in [3.05, 3.63) is 39.0 Å². The SMILES string of the molecule is Cc1ccc(-c2csc(Cl)c2N)cc1C. The summed E-state index contributed by atoms with van der Waals surface area (Å²) < 4.78 is 0.670. The minimum absolute atomic E-state index is 0.670. The lowest BCUT2D eigenvalue weighted by Crippen LogP contribution is -1.87. The molecule has 0 amide bonds. The van der Waals surface area contributed by atoms with Crippen LogP contribution in [0.3, 0.4) is 0 Å². The molecule has 1 aromatic heterocycles. The molecule has 0 fully saturated rings. The molecule has 0 saturated carbocycles. The number of rotatable bonds is 1. The number of hydrogen-bond acceptors (Lipinski definition) is 2. The summed E-state index contributed by atoms with van der Waals surface area (Å²) in [5.74, 6) is 0. The summed E-state index contributed by atoms with van der Waals surface area (Å²) in [7, 11) is 0. The van der Waals surface area contributed by atoms with Crippen molar-refractivity contribution in [1.82, 2.24) is 0 Å². The topological polar surface area (TPSA) is 26.0 Å². The summed E-state index contributed by atoms with van der Waals surface area (Å²) in [5, 5.41) is 2.00. The lowest BCUT2D eigenvalue weighted by molar-refractivity contribution is 1.34. The number of hydrogen-bond donors (Lipinski definition) is 1. The second-order valence-electron chi connectivity index (χ2n) is 3.64. The third-order valence-corrected chi connectivity index (χ3v) is 3.85. The van der Waals surface area contributed by atoms with E-state index in [9.17, 15) is 0 Å². The van der Waals surface area contributed by atoms with Gasteiger partial charge in [0, 0.05) is 10.9 Å². The maximum atomic E-state index is 5.94. The van der Waals surface area contributed by atoms with E-state index in [1.54, 1.807) is 0 Å². The molecule has 0 saturated heterocycles. The summed E-state index contributed by atoms with van der Waals surface area (Å²) in [4.78, 5) is 0. The highest BCUT2D eigenvalue weighted by Gasteiger charge is 2.08. The standard InChI is InChI=1S/C12H12ClNS/c1-7-3-4-9(5-8(7)2)10-6-15-12(13)11(10)14/h3-6H,14H2,1-2H3. The van der Waals surface area contributed by atoms with Gasteiger partial charge in [0.1, 0.15) is 4.34 Å². The summed E-state index contributed by atoms with van der Waals surface area (Å²) in [5.41, 5.74) is 11.3. The van der Waals surface area contributed by atoms with Crippen LogP contribution in [0.5, 0.6) is 0 Å². The zero-order chi connectivity index (χ0) is 11.0. The molecule has 15 heavy (non-hydrogen) atoms. The highest BCUT2D eigenvalue weighted by molar-refractivity contribution is 7.15. The molecule has 2 N–H and O–H groups in total. The number of benzene rings is 1. The van der Waals surface area contributed by atoms with Crippen LogP contribution in [0.2, 0.25) is 4.34 Å². The number of halogens is 1. The van der Waals surface area contributed by atoms with Gasteiger partial charge in [0.25, 0.3) is 0 Å². The largest absolute Gasteiger partial charge is 0.396 e. The minimum atomic E-state index is 0.670. The van der Waals surface area contributed by atoms with Gasteiger partial charge in [0.05, 0.1) is 5.69 Å². The number of aryl methyl sites for hydroxylation is 2. The molecule has 0 spiro atoms. The van der Waals surface area contributed by atoms with E-state index in [4.69, 9.17) is 17.3 Å². The van der Waals surface area contributed by atoms with Gasteiger partial charge in [-0.1, -0.05) is 29.8 Å². The number of nitrogen functional groups attached to an aromatic ring is 1. The van der Waals surface area contributed by atoms with E-state index in [0.29, 0.717) is 10.0 Å². The van der Waals surface area contributed by atoms with Crippen molar-refractivity contribution in [3.8, 4) is 11.1 Å².